The molecule has 1 fully saturated rings. The van der Waals surface area contributed by atoms with Gasteiger partial charge in [-0.1, -0.05) is 17.7 Å². The number of hydrazone groups is 1. The normalized spacial score (nSPS) is 16.1. The first-order valence-electron chi connectivity index (χ1n) is 7.01. The third kappa shape index (κ3) is 5.06. The molecular formula is C13H16ClN5O4. The van der Waals surface area contributed by atoms with E-state index in [0.717, 1.165) is 5.56 Å². The topological polar surface area (TPSA) is 112 Å². The van der Waals surface area contributed by atoms with E-state index in [9.17, 15) is 14.9 Å². The van der Waals surface area contributed by atoms with Crippen LogP contribution in [-0.4, -0.2) is 56.5 Å². The fourth-order valence-electron chi connectivity index (χ4n) is 2.34. The monoisotopic (exact) mass is 341 g/mol. The van der Waals surface area contributed by atoms with Crippen molar-refractivity contribution in [3.63, 3.8) is 0 Å². The van der Waals surface area contributed by atoms with Crippen LogP contribution >= 0.6 is 11.6 Å². The third-order valence-electron chi connectivity index (χ3n) is 3.36. The fraction of sp³-hybridized carbons (Fsp3) is 0.462. The number of guanidine groups is 1. The van der Waals surface area contributed by atoms with E-state index in [4.69, 9.17) is 16.7 Å². The lowest BCUT2D eigenvalue weighted by Gasteiger charge is -2.20. The zero-order chi connectivity index (χ0) is 16.8. The van der Waals surface area contributed by atoms with Gasteiger partial charge in [-0.2, -0.15) is 0 Å². The summed E-state index contributed by atoms with van der Waals surface area (Å²) in [4.78, 5) is 28.8. The SMILES string of the molecule is O=C(O)CCCN1CCN(Cc2ccc(Cl)nc2)C1=N[N+](=O)[O-]. The Balaban J connectivity index is 2.05. The van der Waals surface area contributed by atoms with Crippen LogP contribution in [0.3, 0.4) is 0 Å². The number of aliphatic carboxylic acids is 1. The molecule has 1 N–H and O–H groups in total. The fourth-order valence-corrected chi connectivity index (χ4v) is 2.46. The average Bonchev–Trinajstić information content (AvgIpc) is 2.83. The van der Waals surface area contributed by atoms with E-state index in [1.54, 1.807) is 28.1 Å². The minimum absolute atomic E-state index is 0.0172. The van der Waals surface area contributed by atoms with Crippen molar-refractivity contribution in [2.45, 2.75) is 19.4 Å². The number of nitro groups is 1. The van der Waals surface area contributed by atoms with Crippen molar-refractivity contribution in [3.8, 4) is 0 Å². The molecule has 9 nitrogen and oxygen atoms in total. The van der Waals surface area contributed by atoms with Crippen LogP contribution in [-0.2, 0) is 11.3 Å². The molecule has 10 heteroatoms. The molecule has 0 aromatic carbocycles. The molecule has 0 aliphatic carbocycles. The van der Waals surface area contributed by atoms with Gasteiger partial charge >= 0.3 is 5.97 Å². The first-order valence-corrected chi connectivity index (χ1v) is 7.38. The standard InChI is InChI=1S/C13H16ClN5O4/c14-11-4-3-10(8-15-11)9-18-7-6-17(5-1-2-12(20)21)13(18)16-19(22)23/h3-4,8H,1-2,5-7,9H2,(H,20,21). The second-order valence-electron chi connectivity index (χ2n) is 5.03. The van der Waals surface area contributed by atoms with E-state index < -0.39 is 11.0 Å². The van der Waals surface area contributed by atoms with Gasteiger partial charge in [-0.15, -0.1) is 0 Å². The maximum Gasteiger partial charge on any atom is 0.303 e. The Bertz CT molecular complexity index is 607. The number of hydrogen-bond donors (Lipinski definition) is 1. The number of carboxylic acid groups (broad SMARTS) is 1. The number of aromatic nitrogens is 1. The van der Waals surface area contributed by atoms with Gasteiger partial charge < -0.3 is 14.9 Å². The lowest BCUT2D eigenvalue weighted by molar-refractivity contribution is -0.486. The van der Waals surface area contributed by atoms with Crippen LogP contribution in [0.1, 0.15) is 18.4 Å². The summed E-state index contributed by atoms with van der Waals surface area (Å²) in [5, 5.41) is 22.5. The summed E-state index contributed by atoms with van der Waals surface area (Å²) in [6.07, 6.45) is 2.03. The first-order chi connectivity index (χ1) is 11.0. The van der Waals surface area contributed by atoms with Gasteiger partial charge in [0.05, 0.1) is 0 Å². The molecule has 0 atom stereocenters. The number of carboxylic acids is 1. The molecule has 1 aromatic heterocycles. The largest absolute Gasteiger partial charge is 0.481 e. The van der Waals surface area contributed by atoms with E-state index in [0.29, 0.717) is 37.8 Å². The van der Waals surface area contributed by atoms with Gasteiger partial charge in [-0.25, -0.2) is 15.1 Å². The molecule has 0 unspecified atom stereocenters. The van der Waals surface area contributed by atoms with Crippen LogP contribution in [0, 0.1) is 10.1 Å². The van der Waals surface area contributed by atoms with Crippen molar-refractivity contribution in [2.24, 2.45) is 5.10 Å². The Morgan fingerprint density at radius 1 is 1.43 bits per heavy atom. The molecule has 0 radical (unpaired) electrons. The van der Waals surface area contributed by atoms with Crippen LogP contribution in [0.2, 0.25) is 5.15 Å². The Kier molecular flexibility index (Phi) is 5.69. The molecule has 2 heterocycles. The minimum Gasteiger partial charge on any atom is -0.481 e. The van der Waals surface area contributed by atoms with Crippen molar-refractivity contribution in [1.82, 2.24) is 14.8 Å². The van der Waals surface area contributed by atoms with Crippen molar-refractivity contribution in [2.75, 3.05) is 19.6 Å². The second kappa shape index (κ2) is 7.73. The highest BCUT2D eigenvalue weighted by Crippen LogP contribution is 2.15. The van der Waals surface area contributed by atoms with Gasteiger partial charge in [0.25, 0.3) is 5.96 Å². The number of rotatable bonds is 7. The smallest absolute Gasteiger partial charge is 0.303 e. The van der Waals surface area contributed by atoms with Gasteiger partial charge in [0.2, 0.25) is 0 Å². The van der Waals surface area contributed by atoms with Crippen LogP contribution < -0.4 is 0 Å². The predicted octanol–water partition coefficient (Wildman–Crippen LogP) is 1.27. The molecule has 0 amide bonds. The highest BCUT2D eigenvalue weighted by Gasteiger charge is 2.29. The van der Waals surface area contributed by atoms with E-state index in [2.05, 4.69) is 10.1 Å². The minimum atomic E-state index is -0.888. The highest BCUT2D eigenvalue weighted by atomic mass is 35.5. The molecule has 0 bridgehead atoms. The first kappa shape index (κ1) is 16.9. The Morgan fingerprint density at radius 2 is 2.17 bits per heavy atom. The summed E-state index contributed by atoms with van der Waals surface area (Å²) in [5.74, 6) is -0.642. The summed E-state index contributed by atoms with van der Waals surface area (Å²) < 4.78 is 0. The Hall–Kier alpha value is -2.42. The quantitative estimate of drug-likeness (QED) is 0.451. The molecule has 124 valence electrons. The van der Waals surface area contributed by atoms with E-state index in [1.165, 1.54) is 0 Å². The lowest BCUT2D eigenvalue weighted by atomic mass is 10.3. The van der Waals surface area contributed by atoms with Crippen molar-refractivity contribution in [3.05, 3.63) is 39.2 Å². The van der Waals surface area contributed by atoms with Gasteiger partial charge in [0.1, 0.15) is 10.3 Å². The lowest BCUT2D eigenvalue weighted by Crippen LogP contribution is -2.35. The second-order valence-corrected chi connectivity index (χ2v) is 5.42. The van der Waals surface area contributed by atoms with Gasteiger partial charge in [0, 0.05) is 38.8 Å². The van der Waals surface area contributed by atoms with Gasteiger partial charge in [-0.3, -0.25) is 4.79 Å². The molecule has 0 spiro atoms. The van der Waals surface area contributed by atoms with Crippen LogP contribution in [0.25, 0.3) is 0 Å². The van der Waals surface area contributed by atoms with Crippen LogP contribution in [0.15, 0.2) is 23.4 Å². The molecule has 1 aliphatic rings. The molecule has 1 aromatic rings. The average molecular weight is 342 g/mol. The maximum atomic E-state index is 10.8. The van der Waals surface area contributed by atoms with Gasteiger partial charge in [-0.05, 0) is 18.1 Å². The molecule has 1 aliphatic heterocycles. The summed E-state index contributed by atoms with van der Waals surface area (Å²) in [6, 6.07) is 3.45. The summed E-state index contributed by atoms with van der Waals surface area (Å²) in [6.45, 7) is 1.97. The highest BCUT2D eigenvalue weighted by molar-refractivity contribution is 6.29. The summed E-state index contributed by atoms with van der Waals surface area (Å²) in [5.41, 5.74) is 0.859. The van der Waals surface area contributed by atoms with E-state index in [1.807, 2.05) is 0 Å². The summed E-state index contributed by atoms with van der Waals surface area (Å²) in [7, 11) is 0. The zero-order valence-corrected chi connectivity index (χ0v) is 13.0. The Labute approximate surface area is 137 Å². The summed E-state index contributed by atoms with van der Waals surface area (Å²) >= 11 is 5.74. The van der Waals surface area contributed by atoms with Crippen molar-refractivity contribution < 1.29 is 14.9 Å². The number of pyridine rings is 1. The van der Waals surface area contributed by atoms with Gasteiger partial charge in [0.15, 0.2) is 5.03 Å². The van der Waals surface area contributed by atoms with Crippen LogP contribution in [0.4, 0.5) is 0 Å². The van der Waals surface area contributed by atoms with Crippen molar-refractivity contribution >= 4 is 23.5 Å². The maximum absolute atomic E-state index is 10.8. The molecule has 2 rings (SSSR count). The number of hydrogen-bond acceptors (Lipinski definition) is 4. The van der Waals surface area contributed by atoms with Crippen molar-refractivity contribution in [1.29, 1.82) is 0 Å². The van der Waals surface area contributed by atoms with Crippen LogP contribution in [0.5, 0.6) is 0 Å². The third-order valence-corrected chi connectivity index (χ3v) is 3.58. The molecular weight excluding hydrogens is 326 g/mol. The molecule has 23 heavy (non-hydrogen) atoms. The van der Waals surface area contributed by atoms with E-state index >= 15 is 0 Å². The molecule has 0 saturated carbocycles. The predicted molar refractivity (Wildman–Crippen MR) is 82.5 cm³/mol. The zero-order valence-electron chi connectivity index (χ0n) is 12.3. The number of carbonyl (C=O) groups is 1. The number of halogens is 1. The number of nitrogens with zero attached hydrogens (tertiary/aromatic N) is 5. The molecule has 1 saturated heterocycles. The van der Waals surface area contributed by atoms with E-state index in [-0.39, 0.29) is 12.4 Å². The Morgan fingerprint density at radius 3 is 2.78 bits per heavy atom.